The summed E-state index contributed by atoms with van der Waals surface area (Å²) in [6.07, 6.45) is 5.43. The first-order valence-electron chi connectivity index (χ1n) is 7.84. The molecule has 1 unspecified atom stereocenters. The van der Waals surface area contributed by atoms with E-state index in [2.05, 4.69) is 12.1 Å². The number of carbonyl (C=O) groups is 1. The molecule has 21 heavy (non-hydrogen) atoms. The van der Waals surface area contributed by atoms with Crippen molar-refractivity contribution in [1.29, 1.82) is 0 Å². The van der Waals surface area contributed by atoms with Crippen molar-refractivity contribution >= 4 is 5.97 Å². The summed E-state index contributed by atoms with van der Waals surface area (Å²) < 4.78 is 11.0. The van der Waals surface area contributed by atoms with Gasteiger partial charge in [-0.05, 0) is 68.2 Å². The van der Waals surface area contributed by atoms with Crippen molar-refractivity contribution in [3.05, 3.63) is 29.3 Å². The van der Waals surface area contributed by atoms with E-state index in [0.717, 1.165) is 31.4 Å². The Kier molecular flexibility index (Phi) is 3.89. The molecule has 2 aliphatic carbocycles. The Hall–Kier alpha value is -1.55. The summed E-state index contributed by atoms with van der Waals surface area (Å²) >= 11 is 0. The average molecular weight is 289 g/mol. The highest BCUT2D eigenvalue weighted by Crippen LogP contribution is 2.39. The molecule has 0 saturated heterocycles. The summed E-state index contributed by atoms with van der Waals surface area (Å²) in [5.41, 5.74) is 8.06. The minimum Gasteiger partial charge on any atom is -0.491 e. The maximum absolute atomic E-state index is 12.1. The van der Waals surface area contributed by atoms with Gasteiger partial charge in [-0.1, -0.05) is 6.07 Å². The van der Waals surface area contributed by atoms with E-state index in [1.54, 1.807) is 6.92 Å². The number of hydrogen-bond acceptors (Lipinski definition) is 4. The second-order valence-corrected chi connectivity index (χ2v) is 6.11. The summed E-state index contributed by atoms with van der Waals surface area (Å²) in [6.45, 7) is 2.34. The number of fused-ring (bicyclic) bond motifs is 1. The van der Waals surface area contributed by atoms with Crippen molar-refractivity contribution in [2.45, 2.75) is 44.6 Å². The van der Waals surface area contributed by atoms with Gasteiger partial charge < -0.3 is 15.2 Å². The van der Waals surface area contributed by atoms with Crippen LogP contribution in [0.1, 0.15) is 37.3 Å². The zero-order valence-electron chi connectivity index (χ0n) is 12.6. The molecule has 2 N–H and O–H groups in total. The summed E-state index contributed by atoms with van der Waals surface area (Å²) in [6, 6.07) is 6.18. The monoisotopic (exact) mass is 289 g/mol. The van der Waals surface area contributed by atoms with Crippen LogP contribution >= 0.6 is 0 Å². The zero-order chi connectivity index (χ0) is 14.9. The van der Waals surface area contributed by atoms with Crippen LogP contribution in [0, 0.1) is 5.92 Å². The van der Waals surface area contributed by atoms with E-state index in [0.29, 0.717) is 6.61 Å². The van der Waals surface area contributed by atoms with Gasteiger partial charge in [0.15, 0.2) is 5.54 Å². The van der Waals surface area contributed by atoms with Gasteiger partial charge in [-0.25, -0.2) is 4.79 Å². The van der Waals surface area contributed by atoms with E-state index < -0.39 is 5.54 Å². The highest BCUT2D eigenvalue weighted by Gasteiger charge is 2.50. The lowest BCUT2D eigenvalue weighted by Crippen LogP contribution is -2.55. The van der Waals surface area contributed by atoms with Crippen LogP contribution in [0.25, 0.3) is 0 Å². The summed E-state index contributed by atoms with van der Waals surface area (Å²) in [5.74, 6) is 0.648. The molecule has 1 aromatic rings. The summed E-state index contributed by atoms with van der Waals surface area (Å²) in [4.78, 5) is 12.1. The van der Waals surface area contributed by atoms with Crippen LogP contribution in [0.3, 0.4) is 0 Å². The highest BCUT2D eigenvalue weighted by molar-refractivity contribution is 5.81. The van der Waals surface area contributed by atoms with E-state index >= 15 is 0 Å². The topological polar surface area (TPSA) is 61.5 Å². The number of nitrogens with two attached hydrogens (primary N) is 1. The largest absolute Gasteiger partial charge is 0.491 e. The predicted molar refractivity (Wildman–Crippen MR) is 80.2 cm³/mol. The van der Waals surface area contributed by atoms with Crippen molar-refractivity contribution in [1.82, 2.24) is 0 Å². The van der Waals surface area contributed by atoms with E-state index in [-0.39, 0.29) is 18.5 Å². The smallest absolute Gasteiger partial charge is 0.329 e. The van der Waals surface area contributed by atoms with E-state index in [1.165, 1.54) is 17.5 Å². The zero-order valence-corrected chi connectivity index (χ0v) is 12.6. The molecule has 114 valence electrons. The quantitative estimate of drug-likeness (QED) is 0.816. The molecule has 2 aliphatic rings. The fraction of sp³-hybridized carbons (Fsp3) is 0.588. The Morgan fingerprint density at radius 1 is 1.33 bits per heavy atom. The Morgan fingerprint density at radius 2 is 2.10 bits per heavy atom. The van der Waals surface area contributed by atoms with E-state index in [1.807, 2.05) is 6.07 Å². The van der Waals surface area contributed by atoms with Crippen molar-refractivity contribution in [2.24, 2.45) is 11.7 Å². The second-order valence-electron chi connectivity index (χ2n) is 6.11. The average Bonchev–Trinajstić information content (AvgIpc) is 3.24. The third-order valence-corrected chi connectivity index (χ3v) is 4.51. The first-order valence-corrected chi connectivity index (χ1v) is 7.84. The van der Waals surface area contributed by atoms with Gasteiger partial charge in [0.2, 0.25) is 0 Å². The standard InChI is InChI=1S/C17H23NO3/c1-2-20-16(19)17(18,14-7-8-14)11-21-15-9-6-12-4-3-5-13(12)10-15/h6,9-10,14H,2-5,7-8,11,18H2,1H3. The number of ether oxygens (including phenoxy) is 2. The van der Waals surface area contributed by atoms with Crippen LogP contribution in [0.15, 0.2) is 18.2 Å². The Morgan fingerprint density at radius 3 is 2.81 bits per heavy atom. The molecule has 0 amide bonds. The number of carbonyl (C=O) groups excluding carboxylic acids is 1. The third kappa shape index (κ3) is 2.91. The van der Waals surface area contributed by atoms with Crippen LogP contribution < -0.4 is 10.5 Å². The summed E-state index contributed by atoms with van der Waals surface area (Å²) in [5, 5.41) is 0. The second kappa shape index (κ2) is 5.68. The van der Waals surface area contributed by atoms with Gasteiger partial charge in [-0.15, -0.1) is 0 Å². The van der Waals surface area contributed by atoms with Crippen LogP contribution in [0.4, 0.5) is 0 Å². The molecule has 1 aromatic carbocycles. The minimum absolute atomic E-state index is 0.186. The normalized spacial score (nSPS) is 19.7. The van der Waals surface area contributed by atoms with Gasteiger partial charge in [0.05, 0.1) is 6.61 Å². The molecule has 4 nitrogen and oxygen atoms in total. The van der Waals surface area contributed by atoms with Gasteiger partial charge in [-0.2, -0.15) is 0 Å². The van der Waals surface area contributed by atoms with Crippen molar-refractivity contribution in [3.63, 3.8) is 0 Å². The maximum atomic E-state index is 12.1. The molecule has 0 heterocycles. The molecule has 3 rings (SSSR count). The molecule has 1 atom stereocenters. The molecular formula is C17H23NO3. The Bertz CT molecular complexity index is 539. The first-order chi connectivity index (χ1) is 10.1. The number of aryl methyl sites for hydroxylation is 2. The molecule has 1 saturated carbocycles. The number of hydrogen-bond donors (Lipinski definition) is 1. The molecule has 0 aromatic heterocycles. The molecule has 0 radical (unpaired) electrons. The number of esters is 1. The molecule has 4 heteroatoms. The lowest BCUT2D eigenvalue weighted by atomic mass is 9.96. The van der Waals surface area contributed by atoms with Crippen molar-refractivity contribution in [2.75, 3.05) is 13.2 Å². The minimum atomic E-state index is -1.00. The van der Waals surface area contributed by atoms with Gasteiger partial charge >= 0.3 is 5.97 Å². The first kappa shape index (κ1) is 14.4. The van der Waals surface area contributed by atoms with E-state index in [9.17, 15) is 4.79 Å². The number of rotatable bonds is 6. The molecule has 0 spiro atoms. The van der Waals surface area contributed by atoms with Gasteiger partial charge in [0.1, 0.15) is 12.4 Å². The van der Waals surface area contributed by atoms with E-state index in [4.69, 9.17) is 15.2 Å². The van der Waals surface area contributed by atoms with Crippen LogP contribution in [-0.2, 0) is 22.4 Å². The lowest BCUT2D eigenvalue weighted by Gasteiger charge is -2.27. The lowest BCUT2D eigenvalue weighted by molar-refractivity contribution is -0.151. The van der Waals surface area contributed by atoms with Crippen LogP contribution in [0.2, 0.25) is 0 Å². The number of benzene rings is 1. The Labute approximate surface area is 125 Å². The SMILES string of the molecule is CCOC(=O)C(N)(COc1ccc2c(c1)CCC2)C1CC1. The molecule has 1 fully saturated rings. The van der Waals surface area contributed by atoms with Gasteiger partial charge in [0, 0.05) is 0 Å². The molecule has 0 bridgehead atoms. The van der Waals surface area contributed by atoms with Crippen molar-refractivity contribution in [3.8, 4) is 5.75 Å². The highest BCUT2D eigenvalue weighted by atomic mass is 16.5. The van der Waals surface area contributed by atoms with Gasteiger partial charge in [0.25, 0.3) is 0 Å². The molecule has 0 aliphatic heterocycles. The van der Waals surface area contributed by atoms with Crippen molar-refractivity contribution < 1.29 is 14.3 Å². The fourth-order valence-electron chi connectivity index (χ4n) is 3.05. The summed E-state index contributed by atoms with van der Waals surface area (Å²) in [7, 11) is 0. The van der Waals surface area contributed by atoms with Crippen LogP contribution in [-0.4, -0.2) is 24.7 Å². The van der Waals surface area contributed by atoms with Gasteiger partial charge in [-0.3, -0.25) is 0 Å². The fourth-order valence-corrected chi connectivity index (χ4v) is 3.05. The Balaban J connectivity index is 1.68. The maximum Gasteiger partial charge on any atom is 0.329 e. The predicted octanol–water partition coefficient (Wildman–Crippen LogP) is 2.22. The van der Waals surface area contributed by atoms with Crippen LogP contribution in [0.5, 0.6) is 5.75 Å². The molecular weight excluding hydrogens is 266 g/mol. The third-order valence-electron chi connectivity index (χ3n) is 4.51.